The Morgan fingerprint density at radius 1 is 1.27 bits per heavy atom. The van der Waals surface area contributed by atoms with Crippen molar-refractivity contribution in [1.82, 2.24) is 0 Å². The first-order valence-electron chi connectivity index (χ1n) is 9.29. The lowest BCUT2D eigenvalue weighted by atomic mass is 9.94. The molecule has 2 atom stereocenters. The van der Waals surface area contributed by atoms with E-state index in [-0.39, 0.29) is 18.4 Å². The molecule has 4 rings (SSSR count). The van der Waals surface area contributed by atoms with Gasteiger partial charge in [0, 0.05) is 17.5 Å². The second-order valence-corrected chi connectivity index (χ2v) is 7.52. The standard InChI is InChI=1S/C22H24O4/c1-13(2)16-4-3-5-19-18(16)8-9-20(19)26-15-6-7-17-14(10-22(23)24)12-25-21(17)11-15/h3-7,11,13-14,20H,8-10,12H2,1-2H3,(H,23,24)/t14-,20-/m1/s1. The molecule has 0 fully saturated rings. The Morgan fingerprint density at radius 2 is 2.12 bits per heavy atom. The second-order valence-electron chi connectivity index (χ2n) is 7.52. The summed E-state index contributed by atoms with van der Waals surface area (Å²) >= 11 is 0. The van der Waals surface area contributed by atoms with Gasteiger partial charge in [0.05, 0.1) is 13.0 Å². The van der Waals surface area contributed by atoms with Gasteiger partial charge in [0.15, 0.2) is 0 Å². The molecule has 0 saturated heterocycles. The summed E-state index contributed by atoms with van der Waals surface area (Å²) < 4.78 is 12.0. The van der Waals surface area contributed by atoms with Crippen LogP contribution in [0.3, 0.4) is 0 Å². The summed E-state index contributed by atoms with van der Waals surface area (Å²) in [5.74, 6) is 1.19. The van der Waals surface area contributed by atoms with Crippen molar-refractivity contribution >= 4 is 5.97 Å². The van der Waals surface area contributed by atoms with E-state index in [4.69, 9.17) is 14.6 Å². The van der Waals surface area contributed by atoms with Gasteiger partial charge in [0.2, 0.25) is 0 Å². The molecule has 0 amide bonds. The van der Waals surface area contributed by atoms with Crippen LogP contribution in [0.15, 0.2) is 36.4 Å². The van der Waals surface area contributed by atoms with Gasteiger partial charge in [-0.25, -0.2) is 0 Å². The minimum atomic E-state index is -0.796. The van der Waals surface area contributed by atoms with E-state index in [9.17, 15) is 4.79 Å². The Kier molecular flexibility index (Phi) is 4.35. The van der Waals surface area contributed by atoms with E-state index < -0.39 is 5.97 Å². The topological polar surface area (TPSA) is 55.8 Å². The molecule has 136 valence electrons. The fourth-order valence-electron chi connectivity index (χ4n) is 4.18. The van der Waals surface area contributed by atoms with Crippen LogP contribution in [0.4, 0.5) is 0 Å². The highest BCUT2D eigenvalue weighted by Gasteiger charge is 2.29. The van der Waals surface area contributed by atoms with Crippen LogP contribution < -0.4 is 9.47 Å². The van der Waals surface area contributed by atoms with Crippen LogP contribution in [0.5, 0.6) is 11.5 Å². The summed E-state index contributed by atoms with van der Waals surface area (Å²) in [5, 5.41) is 9.02. The van der Waals surface area contributed by atoms with Gasteiger partial charge in [-0.15, -0.1) is 0 Å². The lowest BCUT2D eigenvalue weighted by Gasteiger charge is -2.17. The summed E-state index contributed by atoms with van der Waals surface area (Å²) in [4.78, 5) is 11.0. The number of carboxylic acid groups (broad SMARTS) is 1. The number of carbonyl (C=O) groups is 1. The van der Waals surface area contributed by atoms with Crippen molar-refractivity contribution in [2.75, 3.05) is 6.61 Å². The molecule has 2 aliphatic rings. The van der Waals surface area contributed by atoms with Gasteiger partial charge in [-0.05, 0) is 41.5 Å². The molecule has 2 aromatic rings. The van der Waals surface area contributed by atoms with Gasteiger partial charge < -0.3 is 14.6 Å². The molecule has 0 spiro atoms. The Morgan fingerprint density at radius 3 is 2.88 bits per heavy atom. The predicted octanol–water partition coefficient (Wildman–Crippen LogP) is 4.83. The van der Waals surface area contributed by atoms with Gasteiger partial charge in [0.1, 0.15) is 17.6 Å². The maximum Gasteiger partial charge on any atom is 0.304 e. The van der Waals surface area contributed by atoms with Crippen molar-refractivity contribution in [2.24, 2.45) is 0 Å². The van der Waals surface area contributed by atoms with Crippen molar-refractivity contribution in [2.45, 2.75) is 51.0 Å². The number of rotatable bonds is 5. The molecule has 26 heavy (non-hydrogen) atoms. The Balaban J connectivity index is 1.54. The van der Waals surface area contributed by atoms with Crippen molar-refractivity contribution in [1.29, 1.82) is 0 Å². The van der Waals surface area contributed by atoms with Crippen LogP contribution in [0.1, 0.15) is 66.9 Å². The van der Waals surface area contributed by atoms with Crippen LogP contribution in [-0.2, 0) is 11.2 Å². The van der Waals surface area contributed by atoms with E-state index >= 15 is 0 Å². The molecule has 1 aliphatic heterocycles. The van der Waals surface area contributed by atoms with Crippen molar-refractivity contribution in [3.8, 4) is 11.5 Å². The van der Waals surface area contributed by atoms with E-state index in [1.54, 1.807) is 0 Å². The minimum absolute atomic E-state index is 0.0676. The highest BCUT2D eigenvalue weighted by Crippen LogP contribution is 2.42. The smallest absolute Gasteiger partial charge is 0.304 e. The number of fused-ring (bicyclic) bond motifs is 2. The van der Waals surface area contributed by atoms with Gasteiger partial charge in [-0.2, -0.15) is 0 Å². The Labute approximate surface area is 153 Å². The molecular formula is C22H24O4. The summed E-state index contributed by atoms with van der Waals surface area (Å²) in [6, 6.07) is 12.3. The molecule has 4 nitrogen and oxygen atoms in total. The first-order valence-corrected chi connectivity index (χ1v) is 9.29. The Bertz CT molecular complexity index is 840. The molecule has 1 aliphatic carbocycles. The van der Waals surface area contributed by atoms with Crippen LogP contribution >= 0.6 is 0 Å². The van der Waals surface area contributed by atoms with Crippen LogP contribution in [0.2, 0.25) is 0 Å². The van der Waals surface area contributed by atoms with Crippen molar-refractivity contribution < 1.29 is 19.4 Å². The second kappa shape index (κ2) is 6.67. The minimum Gasteiger partial charge on any atom is -0.492 e. The number of ether oxygens (including phenoxy) is 2. The van der Waals surface area contributed by atoms with E-state index in [2.05, 4.69) is 32.0 Å². The third-order valence-electron chi connectivity index (χ3n) is 5.44. The Hall–Kier alpha value is -2.49. The average Bonchev–Trinajstić information content (AvgIpc) is 3.19. The molecule has 0 bridgehead atoms. The fourth-order valence-corrected chi connectivity index (χ4v) is 4.18. The van der Waals surface area contributed by atoms with E-state index in [1.807, 2.05) is 18.2 Å². The predicted molar refractivity (Wildman–Crippen MR) is 99.2 cm³/mol. The molecule has 1 heterocycles. The van der Waals surface area contributed by atoms with E-state index in [1.165, 1.54) is 16.7 Å². The van der Waals surface area contributed by atoms with Crippen molar-refractivity contribution in [3.63, 3.8) is 0 Å². The van der Waals surface area contributed by atoms with E-state index in [0.717, 1.165) is 29.9 Å². The zero-order chi connectivity index (χ0) is 18.3. The average molecular weight is 352 g/mol. The molecule has 1 N–H and O–H groups in total. The third kappa shape index (κ3) is 3.05. The zero-order valence-corrected chi connectivity index (χ0v) is 15.2. The number of carboxylic acids is 1. The number of benzene rings is 2. The molecule has 0 unspecified atom stereocenters. The lowest BCUT2D eigenvalue weighted by Crippen LogP contribution is -2.07. The monoisotopic (exact) mass is 352 g/mol. The molecular weight excluding hydrogens is 328 g/mol. The van der Waals surface area contributed by atoms with Crippen LogP contribution in [0.25, 0.3) is 0 Å². The summed E-state index contributed by atoms with van der Waals surface area (Å²) in [5.41, 5.74) is 5.11. The number of aliphatic carboxylic acids is 1. The zero-order valence-electron chi connectivity index (χ0n) is 15.2. The molecule has 0 radical (unpaired) electrons. The third-order valence-corrected chi connectivity index (χ3v) is 5.44. The van der Waals surface area contributed by atoms with Crippen LogP contribution in [-0.4, -0.2) is 17.7 Å². The highest BCUT2D eigenvalue weighted by molar-refractivity contribution is 5.68. The first-order chi connectivity index (χ1) is 12.5. The van der Waals surface area contributed by atoms with Gasteiger partial charge in [-0.1, -0.05) is 38.1 Å². The normalized spacial score (nSPS) is 20.6. The maximum atomic E-state index is 11.0. The highest BCUT2D eigenvalue weighted by atomic mass is 16.5. The molecule has 0 saturated carbocycles. The summed E-state index contributed by atoms with van der Waals surface area (Å²) in [6.07, 6.45) is 2.20. The SMILES string of the molecule is CC(C)c1cccc2c1CC[C@H]2Oc1ccc2c(c1)OC[C@H]2CC(=O)O. The first kappa shape index (κ1) is 17.0. The van der Waals surface area contributed by atoms with Crippen molar-refractivity contribution in [3.05, 3.63) is 58.7 Å². The summed E-state index contributed by atoms with van der Waals surface area (Å²) in [7, 11) is 0. The fraction of sp³-hybridized carbons (Fsp3) is 0.409. The number of hydrogen-bond acceptors (Lipinski definition) is 3. The molecule has 2 aromatic carbocycles. The molecule has 4 heteroatoms. The summed E-state index contributed by atoms with van der Waals surface area (Å²) in [6.45, 7) is 4.89. The largest absolute Gasteiger partial charge is 0.492 e. The van der Waals surface area contributed by atoms with Crippen LogP contribution in [0, 0.1) is 0 Å². The lowest BCUT2D eigenvalue weighted by molar-refractivity contribution is -0.137. The maximum absolute atomic E-state index is 11.0. The quantitative estimate of drug-likeness (QED) is 0.837. The van der Waals surface area contributed by atoms with Gasteiger partial charge >= 0.3 is 5.97 Å². The molecule has 0 aromatic heterocycles. The number of hydrogen-bond donors (Lipinski definition) is 1. The van der Waals surface area contributed by atoms with E-state index in [0.29, 0.717) is 12.5 Å². The van der Waals surface area contributed by atoms with Gasteiger partial charge in [-0.3, -0.25) is 4.79 Å². The van der Waals surface area contributed by atoms with Gasteiger partial charge in [0.25, 0.3) is 0 Å².